The van der Waals surface area contributed by atoms with Gasteiger partial charge in [0.25, 0.3) is 0 Å². The van der Waals surface area contributed by atoms with Crippen LogP contribution in [0.15, 0.2) is 40.4 Å². The SMILES string of the molecule is N#Cc1ccc(S(=O)(=O)N2CC(S(=O)(=O)c3cnc(C(F)(F)F)nc3)[C@](O)(CO)C2)c(Cl)c1. The fraction of sp³-hybridized carbons (Fsp3) is 0.353. The number of rotatable bonds is 5. The van der Waals surface area contributed by atoms with E-state index in [0.29, 0.717) is 16.7 Å². The maximum Gasteiger partial charge on any atom is 0.451 e. The van der Waals surface area contributed by atoms with Crippen LogP contribution < -0.4 is 0 Å². The number of halogens is 4. The molecule has 178 valence electrons. The summed E-state index contributed by atoms with van der Waals surface area (Å²) in [4.78, 5) is 4.66. The third-order valence-electron chi connectivity index (χ3n) is 4.96. The summed E-state index contributed by atoms with van der Waals surface area (Å²) in [5, 5.41) is 27.0. The molecule has 10 nitrogen and oxygen atoms in total. The molecule has 1 aromatic heterocycles. The highest BCUT2D eigenvalue weighted by Crippen LogP contribution is 2.36. The molecule has 1 aromatic carbocycles. The van der Waals surface area contributed by atoms with Gasteiger partial charge in [0.1, 0.15) is 20.6 Å². The molecular weight excluding hydrogens is 513 g/mol. The Morgan fingerprint density at radius 1 is 1.24 bits per heavy atom. The van der Waals surface area contributed by atoms with Gasteiger partial charge in [-0.3, -0.25) is 0 Å². The van der Waals surface area contributed by atoms with Crippen LogP contribution >= 0.6 is 11.6 Å². The number of nitrogens with zero attached hydrogens (tertiary/aromatic N) is 4. The Bertz CT molecular complexity index is 1330. The second-order valence-electron chi connectivity index (χ2n) is 7.09. The lowest BCUT2D eigenvalue weighted by atomic mass is 10.1. The highest BCUT2D eigenvalue weighted by Gasteiger charge is 2.55. The average Bonchev–Trinajstić information content (AvgIpc) is 3.12. The summed E-state index contributed by atoms with van der Waals surface area (Å²) < 4.78 is 90.7. The molecule has 2 aromatic rings. The molecule has 1 saturated heterocycles. The van der Waals surface area contributed by atoms with Crippen molar-refractivity contribution in [3.8, 4) is 6.07 Å². The summed E-state index contributed by atoms with van der Waals surface area (Å²) in [6.07, 6.45) is -4.15. The van der Waals surface area contributed by atoms with E-state index in [1.54, 1.807) is 6.07 Å². The fourth-order valence-electron chi connectivity index (χ4n) is 3.24. The monoisotopic (exact) mass is 526 g/mol. The first-order valence-corrected chi connectivity index (χ1v) is 12.2. The topological polar surface area (TPSA) is 162 Å². The standard InChI is InChI=1S/C17H14ClF3N4O6S2/c18-12-3-10(4-22)1-2-13(12)33(30,31)25-7-14(16(27,8-25)9-26)32(28,29)11-5-23-15(24-6-11)17(19,20)21/h1-3,5-6,14,26-27H,7-9H2/t14?,16-/m1/s1. The first-order valence-electron chi connectivity index (χ1n) is 8.83. The predicted octanol–water partition coefficient (Wildman–Crippen LogP) is 0.591. The second-order valence-corrected chi connectivity index (χ2v) is 11.5. The molecule has 1 aliphatic rings. The van der Waals surface area contributed by atoms with Gasteiger partial charge < -0.3 is 10.2 Å². The lowest BCUT2D eigenvalue weighted by Gasteiger charge is -2.26. The van der Waals surface area contributed by atoms with Crippen LogP contribution in [0.1, 0.15) is 11.4 Å². The summed E-state index contributed by atoms with van der Waals surface area (Å²) in [6.45, 7) is -2.88. The van der Waals surface area contributed by atoms with E-state index in [1.807, 2.05) is 0 Å². The minimum absolute atomic E-state index is 0.0648. The van der Waals surface area contributed by atoms with Gasteiger partial charge >= 0.3 is 6.18 Å². The third kappa shape index (κ3) is 4.54. The van der Waals surface area contributed by atoms with Gasteiger partial charge in [-0.2, -0.15) is 22.7 Å². The second kappa shape index (κ2) is 8.46. The van der Waals surface area contributed by atoms with E-state index in [-0.39, 0.29) is 10.6 Å². The predicted molar refractivity (Wildman–Crippen MR) is 105 cm³/mol. The summed E-state index contributed by atoms with van der Waals surface area (Å²) in [7, 11) is -9.20. The lowest BCUT2D eigenvalue weighted by Crippen LogP contribution is -2.49. The van der Waals surface area contributed by atoms with Crippen molar-refractivity contribution < 1.29 is 40.2 Å². The molecule has 0 aliphatic carbocycles. The maximum atomic E-state index is 13.0. The summed E-state index contributed by atoms with van der Waals surface area (Å²) >= 11 is 5.95. The highest BCUT2D eigenvalue weighted by atomic mass is 35.5. The van der Waals surface area contributed by atoms with E-state index in [0.717, 1.165) is 12.1 Å². The van der Waals surface area contributed by atoms with Gasteiger partial charge in [0.15, 0.2) is 9.84 Å². The van der Waals surface area contributed by atoms with E-state index in [4.69, 9.17) is 16.9 Å². The number of aliphatic hydroxyl groups is 2. The summed E-state index contributed by atoms with van der Waals surface area (Å²) in [5.74, 6) is -1.59. The number of β-amino-alcohol motifs (C(OH)–C–C–N with tert-alkyl or cyclic N) is 1. The number of benzene rings is 1. The van der Waals surface area contributed by atoms with E-state index in [1.165, 1.54) is 6.07 Å². The van der Waals surface area contributed by atoms with Crippen LogP contribution in [0.5, 0.6) is 0 Å². The Morgan fingerprint density at radius 3 is 2.33 bits per heavy atom. The maximum absolute atomic E-state index is 13.0. The Labute approximate surface area is 190 Å². The van der Waals surface area contributed by atoms with E-state index in [2.05, 4.69) is 9.97 Å². The molecule has 16 heteroatoms. The van der Waals surface area contributed by atoms with Crippen molar-refractivity contribution in [3.05, 3.63) is 47.0 Å². The molecule has 0 bridgehead atoms. The van der Waals surface area contributed by atoms with E-state index < -0.39 is 72.2 Å². The summed E-state index contributed by atoms with van der Waals surface area (Å²) in [5.41, 5.74) is -2.43. The molecule has 2 heterocycles. The molecule has 1 aliphatic heterocycles. The normalized spacial score (nSPS) is 22.3. The van der Waals surface area contributed by atoms with Crippen LogP contribution in [0.4, 0.5) is 13.2 Å². The Hall–Kier alpha value is -2.35. The van der Waals surface area contributed by atoms with Gasteiger partial charge in [0, 0.05) is 25.5 Å². The average molecular weight is 527 g/mol. The number of nitriles is 1. The first-order chi connectivity index (χ1) is 15.2. The first kappa shape index (κ1) is 25.3. The van der Waals surface area contributed by atoms with Gasteiger partial charge in [-0.1, -0.05) is 11.6 Å². The van der Waals surface area contributed by atoms with Gasteiger partial charge in [-0.15, -0.1) is 0 Å². The fourth-order valence-corrected chi connectivity index (χ4v) is 7.20. The van der Waals surface area contributed by atoms with Crippen molar-refractivity contribution >= 4 is 31.5 Å². The van der Waals surface area contributed by atoms with Crippen molar-refractivity contribution in [3.63, 3.8) is 0 Å². The summed E-state index contributed by atoms with van der Waals surface area (Å²) in [6, 6.07) is 5.04. The molecule has 1 fully saturated rings. The molecule has 2 atom stereocenters. The minimum atomic E-state index is -4.92. The quantitative estimate of drug-likeness (QED) is 0.568. The number of sulfone groups is 1. The third-order valence-corrected chi connectivity index (χ3v) is 9.46. The Morgan fingerprint density at radius 2 is 1.85 bits per heavy atom. The molecule has 0 saturated carbocycles. The smallest absolute Gasteiger partial charge is 0.393 e. The Kier molecular flexibility index (Phi) is 6.48. The van der Waals surface area contributed by atoms with Gasteiger partial charge in [0.05, 0.1) is 23.3 Å². The van der Waals surface area contributed by atoms with Crippen molar-refractivity contribution in [1.82, 2.24) is 14.3 Å². The van der Waals surface area contributed by atoms with Crippen molar-refractivity contribution in [1.29, 1.82) is 5.26 Å². The van der Waals surface area contributed by atoms with Gasteiger partial charge in [-0.05, 0) is 18.2 Å². The van der Waals surface area contributed by atoms with Gasteiger partial charge in [0.2, 0.25) is 15.8 Å². The zero-order valence-corrected chi connectivity index (χ0v) is 18.6. The van der Waals surface area contributed by atoms with Gasteiger partial charge in [-0.25, -0.2) is 26.8 Å². The van der Waals surface area contributed by atoms with Crippen molar-refractivity contribution in [2.75, 3.05) is 19.7 Å². The molecule has 0 radical (unpaired) electrons. The number of aliphatic hydroxyl groups excluding tert-OH is 1. The zero-order valence-electron chi connectivity index (χ0n) is 16.2. The number of aromatic nitrogens is 2. The van der Waals surface area contributed by atoms with Crippen molar-refractivity contribution in [2.24, 2.45) is 0 Å². The largest absolute Gasteiger partial charge is 0.451 e. The molecule has 0 spiro atoms. The van der Waals surface area contributed by atoms with Crippen molar-refractivity contribution in [2.45, 2.75) is 26.8 Å². The number of hydrogen-bond donors (Lipinski definition) is 2. The van der Waals surface area contributed by atoms with Crippen LogP contribution in [0.25, 0.3) is 0 Å². The van der Waals surface area contributed by atoms with Crippen LogP contribution in [-0.4, -0.2) is 71.9 Å². The Balaban J connectivity index is 2.00. The number of alkyl halides is 3. The number of hydrogen-bond acceptors (Lipinski definition) is 9. The van der Waals surface area contributed by atoms with E-state index >= 15 is 0 Å². The lowest BCUT2D eigenvalue weighted by molar-refractivity contribution is -0.145. The van der Waals surface area contributed by atoms with Crippen LogP contribution in [0.3, 0.4) is 0 Å². The minimum Gasteiger partial charge on any atom is -0.393 e. The molecule has 2 N–H and O–H groups in total. The van der Waals surface area contributed by atoms with Crippen LogP contribution in [-0.2, 0) is 26.0 Å². The molecule has 1 unspecified atom stereocenters. The zero-order chi connectivity index (χ0) is 24.8. The highest BCUT2D eigenvalue weighted by molar-refractivity contribution is 7.92. The van der Waals surface area contributed by atoms with Crippen LogP contribution in [0, 0.1) is 11.3 Å². The van der Waals surface area contributed by atoms with Crippen LogP contribution in [0.2, 0.25) is 5.02 Å². The molecular formula is C17H14ClF3N4O6S2. The molecule has 33 heavy (non-hydrogen) atoms. The molecule has 0 amide bonds. The van der Waals surface area contributed by atoms with E-state index in [9.17, 15) is 40.2 Å². The molecule has 3 rings (SSSR count). The number of sulfonamides is 1.